The Morgan fingerprint density at radius 2 is 2.33 bits per heavy atom. The molecule has 100 valence electrons. The molecule has 0 unspecified atom stereocenters. The minimum absolute atomic E-state index is 0.0312. The summed E-state index contributed by atoms with van der Waals surface area (Å²) in [5.74, 6) is 1.40. The van der Waals surface area contributed by atoms with Crippen LogP contribution in [0.3, 0.4) is 0 Å². The Balaban J connectivity index is 2.00. The van der Waals surface area contributed by atoms with Gasteiger partial charge >= 0.3 is 0 Å². The van der Waals surface area contributed by atoms with Crippen molar-refractivity contribution in [2.75, 3.05) is 20.3 Å². The molecule has 0 bridgehead atoms. The van der Waals surface area contributed by atoms with Gasteiger partial charge in [0, 0.05) is 32.5 Å². The molecule has 6 heteroatoms. The van der Waals surface area contributed by atoms with Gasteiger partial charge in [-0.2, -0.15) is 4.98 Å². The van der Waals surface area contributed by atoms with Gasteiger partial charge in [-0.3, -0.25) is 4.79 Å². The van der Waals surface area contributed by atoms with Gasteiger partial charge in [0.05, 0.1) is 12.5 Å². The first-order chi connectivity index (χ1) is 8.61. The van der Waals surface area contributed by atoms with Crippen LogP contribution in [0.4, 0.5) is 0 Å². The summed E-state index contributed by atoms with van der Waals surface area (Å²) in [5, 5.41) is 3.90. The van der Waals surface area contributed by atoms with E-state index < -0.39 is 0 Å². The van der Waals surface area contributed by atoms with E-state index in [0.29, 0.717) is 37.7 Å². The summed E-state index contributed by atoms with van der Waals surface area (Å²) < 4.78 is 10.2. The summed E-state index contributed by atoms with van der Waals surface area (Å²) in [4.78, 5) is 18.0. The fraction of sp³-hybridized carbons (Fsp3) is 0.750. The number of hydrogen-bond donors (Lipinski definition) is 0. The van der Waals surface area contributed by atoms with Gasteiger partial charge in [0.25, 0.3) is 0 Å². The molecule has 0 aliphatic carbocycles. The van der Waals surface area contributed by atoms with Crippen LogP contribution in [0.1, 0.15) is 37.9 Å². The molecular formula is C12H19N3O3. The van der Waals surface area contributed by atoms with Crippen molar-refractivity contribution < 1.29 is 14.1 Å². The third kappa shape index (κ3) is 2.69. The van der Waals surface area contributed by atoms with E-state index in [0.717, 1.165) is 0 Å². The van der Waals surface area contributed by atoms with Crippen LogP contribution in [0.5, 0.6) is 0 Å². The molecule has 0 N–H and O–H groups in total. The van der Waals surface area contributed by atoms with Crippen molar-refractivity contribution in [2.45, 2.75) is 38.6 Å². The van der Waals surface area contributed by atoms with Gasteiger partial charge in [-0.1, -0.05) is 5.16 Å². The van der Waals surface area contributed by atoms with E-state index in [9.17, 15) is 4.79 Å². The molecule has 1 fully saturated rings. The van der Waals surface area contributed by atoms with Crippen molar-refractivity contribution in [3.63, 3.8) is 0 Å². The zero-order valence-electron chi connectivity index (χ0n) is 11.0. The zero-order valence-corrected chi connectivity index (χ0v) is 11.0. The lowest BCUT2D eigenvalue weighted by Gasteiger charge is -2.20. The van der Waals surface area contributed by atoms with Crippen LogP contribution in [0.25, 0.3) is 0 Å². The summed E-state index contributed by atoms with van der Waals surface area (Å²) in [7, 11) is 1.64. The maximum atomic E-state index is 11.8. The van der Waals surface area contributed by atoms with Crippen LogP contribution in [0.2, 0.25) is 0 Å². The minimum Gasteiger partial charge on any atom is -0.384 e. The Labute approximate surface area is 106 Å². The van der Waals surface area contributed by atoms with E-state index in [1.807, 2.05) is 18.7 Å². The van der Waals surface area contributed by atoms with E-state index in [1.54, 1.807) is 7.11 Å². The number of carbonyl (C=O) groups is 1. The smallest absolute Gasteiger partial charge is 0.232 e. The van der Waals surface area contributed by atoms with Crippen LogP contribution in [0.15, 0.2) is 4.52 Å². The molecule has 1 aromatic rings. The molecule has 1 aliphatic heterocycles. The van der Waals surface area contributed by atoms with Crippen molar-refractivity contribution >= 4 is 5.91 Å². The summed E-state index contributed by atoms with van der Waals surface area (Å²) in [6.45, 7) is 5.26. The third-order valence-corrected chi connectivity index (χ3v) is 3.14. The number of amides is 1. The number of hydrogen-bond acceptors (Lipinski definition) is 5. The summed E-state index contributed by atoms with van der Waals surface area (Å²) in [6.07, 6.45) is 1.10. The quantitative estimate of drug-likeness (QED) is 0.782. The van der Waals surface area contributed by atoms with Crippen molar-refractivity contribution in [1.29, 1.82) is 0 Å². The predicted octanol–water partition coefficient (Wildman–Crippen LogP) is 0.983. The number of aromatic nitrogens is 2. The van der Waals surface area contributed by atoms with Crippen molar-refractivity contribution in [2.24, 2.45) is 0 Å². The van der Waals surface area contributed by atoms with Crippen molar-refractivity contribution in [1.82, 2.24) is 15.0 Å². The van der Waals surface area contributed by atoms with Gasteiger partial charge in [0.1, 0.15) is 0 Å². The highest BCUT2D eigenvalue weighted by Crippen LogP contribution is 2.28. The molecule has 0 radical (unpaired) electrons. The SMILES string of the molecule is COCCc1noc([C@@H]2CC(=O)N(C(C)C)C2)n1. The second-order valence-corrected chi connectivity index (χ2v) is 4.83. The zero-order chi connectivity index (χ0) is 13.1. The first-order valence-corrected chi connectivity index (χ1v) is 6.22. The summed E-state index contributed by atoms with van der Waals surface area (Å²) >= 11 is 0. The van der Waals surface area contributed by atoms with Gasteiger partial charge in [-0.25, -0.2) is 0 Å². The minimum atomic E-state index is 0.0312. The number of ether oxygens (including phenoxy) is 1. The van der Waals surface area contributed by atoms with E-state index in [-0.39, 0.29) is 17.9 Å². The predicted molar refractivity (Wildman–Crippen MR) is 64.1 cm³/mol. The van der Waals surface area contributed by atoms with Gasteiger partial charge < -0.3 is 14.2 Å². The van der Waals surface area contributed by atoms with Crippen LogP contribution in [0, 0.1) is 0 Å². The molecule has 1 aliphatic rings. The number of rotatable bonds is 5. The highest BCUT2D eigenvalue weighted by atomic mass is 16.5. The molecule has 18 heavy (non-hydrogen) atoms. The molecule has 2 rings (SSSR count). The van der Waals surface area contributed by atoms with Crippen LogP contribution < -0.4 is 0 Å². The lowest BCUT2D eigenvalue weighted by atomic mass is 10.1. The highest BCUT2D eigenvalue weighted by molar-refractivity contribution is 5.79. The normalized spacial score (nSPS) is 20.1. The molecule has 6 nitrogen and oxygen atoms in total. The molecule has 1 saturated heterocycles. The van der Waals surface area contributed by atoms with Crippen LogP contribution >= 0.6 is 0 Å². The van der Waals surface area contributed by atoms with Crippen molar-refractivity contribution in [3.05, 3.63) is 11.7 Å². The number of likely N-dealkylation sites (tertiary alicyclic amines) is 1. The Morgan fingerprint density at radius 3 is 2.94 bits per heavy atom. The molecular weight excluding hydrogens is 234 g/mol. The van der Waals surface area contributed by atoms with E-state index >= 15 is 0 Å². The molecule has 1 amide bonds. The molecule has 2 heterocycles. The Bertz CT molecular complexity index is 416. The van der Waals surface area contributed by atoms with Crippen LogP contribution in [-0.4, -0.2) is 47.3 Å². The second-order valence-electron chi connectivity index (χ2n) is 4.83. The molecule has 0 aromatic carbocycles. The summed E-state index contributed by atoms with van der Waals surface area (Å²) in [5.41, 5.74) is 0. The van der Waals surface area contributed by atoms with Gasteiger partial charge in [0.2, 0.25) is 11.8 Å². The Morgan fingerprint density at radius 1 is 1.56 bits per heavy atom. The third-order valence-electron chi connectivity index (χ3n) is 3.14. The highest BCUT2D eigenvalue weighted by Gasteiger charge is 2.35. The average Bonchev–Trinajstić information content (AvgIpc) is 2.92. The molecule has 1 aromatic heterocycles. The maximum Gasteiger partial charge on any atom is 0.232 e. The molecule has 1 atom stereocenters. The van der Waals surface area contributed by atoms with Gasteiger partial charge in [0.15, 0.2) is 5.82 Å². The number of methoxy groups -OCH3 is 1. The van der Waals surface area contributed by atoms with E-state index in [4.69, 9.17) is 9.26 Å². The van der Waals surface area contributed by atoms with E-state index in [1.165, 1.54) is 0 Å². The molecule has 0 spiro atoms. The average molecular weight is 253 g/mol. The maximum absolute atomic E-state index is 11.8. The van der Waals surface area contributed by atoms with E-state index in [2.05, 4.69) is 10.1 Å². The number of carbonyl (C=O) groups excluding carboxylic acids is 1. The topological polar surface area (TPSA) is 68.5 Å². The van der Waals surface area contributed by atoms with Crippen molar-refractivity contribution in [3.8, 4) is 0 Å². The standard InChI is InChI=1S/C12H19N3O3/c1-8(2)15-7-9(6-11(15)16)12-13-10(14-18-12)4-5-17-3/h8-9H,4-7H2,1-3H3/t9-/m1/s1. The fourth-order valence-electron chi connectivity index (χ4n) is 2.12. The lowest BCUT2D eigenvalue weighted by molar-refractivity contribution is -0.129. The first kappa shape index (κ1) is 13.0. The Kier molecular flexibility index (Phi) is 3.96. The summed E-state index contributed by atoms with van der Waals surface area (Å²) in [6, 6.07) is 0.221. The fourth-order valence-corrected chi connectivity index (χ4v) is 2.12. The largest absolute Gasteiger partial charge is 0.384 e. The molecule has 0 saturated carbocycles. The lowest BCUT2D eigenvalue weighted by Crippen LogP contribution is -2.31. The van der Waals surface area contributed by atoms with Gasteiger partial charge in [-0.05, 0) is 13.8 Å². The van der Waals surface area contributed by atoms with Crippen LogP contribution in [-0.2, 0) is 16.0 Å². The first-order valence-electron chi connectivity index (χ1n) is 6.22. The Hall–Kier alpha value is -1.43. The van der Waals surface area contributed by atoms with Gasteiger partial charge in [-0.15, -0.1) is 0 Å². The monoisotopic (exact) mass is 253 g/mol. The second kappa shape index (κ2) is 5.48. The number of nitrogens with zero attached hydrogens (tertiary/aromatic N) is 3.